The van der Waals surface area contributed by atoms with E-state index in [1.165, 1.54) is 0 Å². The predicted octanol–water partition coefficient (Wildman–Crippen LogP) is 3.21. The fourth-order valence-corrected chi connectivity index (χ4v) is 4.33. The Morgan fingerprint density at radius 3 is 2.10 bits per heavy atom. The molecule has 0 saturated carbocycles. The van der Waals surface area contributed by atoms with Crippen molar-refractivity contribution >= 4 is 65.6 Å². The predicted molar refractivity (Wildman–Crippen MR) is 160 cm³/mol. The van der Waals surface area contributed by atoms with Crippen LogP contribution in [0.4, 0.5) is 4.79 Å². The number of alkyl carbamates (subject to hydrolysis) is 1. The van der Waals surface area contributed by atoms with Gasteiger partial charge in [-0.25, -0.2) is 4.79 Å². The lowest BCUT2D eigenvalue weighted by atomic mass is 10.0. The van der Waals surface area contributed by atoms with Gasteiger partial charge in [-0.05, 0) is 48.8 Å². The normalized spacial score (nSPS) is 13.2. The number of carboxylic acids is 1. The van der Waals surface area contributed by atoms with Crippen molar-refractivity contribution in [1.29, 1.82) is 0 Å². The first-order chi connectivity index (χ1) is 19.2. The van der Waals surface area contributed by atoms with Gasteiger partial charge in [0.25, 0.3) is 0 Å². The number of hydrogen-bond donors (Lipinski definition) is 6. The van der Waals surface area contributed by atoms with Gasteiger partial charge in [0.1, 0.15) is 18.1 Å². The van der Waals surface area contributed by atoms with Crippen molar-refractivity contribution in [3.63, 3.8) is 0 Å². The molecule has 14 heteroatoms. The molecule has 0 heterocycles. The molecule has 0 bridgehead atoms. The maximum absolute atomic E-state index is 13.2. The van der Waals surface area contributed by atoms with E-state index in [2.05, 4.69) is 33.9 Å². The molecule has 4 amide bonds. The van der Waals surface area contributed by atoms with Crippen LogP contribution in [0, 0.1) is 11.8 Å². The zero-order valence-corrected chi connectivity index (χ0v) is 26.1. The van der Waals surface area contributed by atoms with E-state index in [1.54, 1.807) is 18.2 Å². The van der Waals surface area contributed by atoms with E-state index in [0.717, 1.165) is 5.56 Å². The molecule has 0 aliphatic heterocycles. The lowest BCUT2D eigenvalue weighted by Gasteiger charge is -2.25. The summed E-state index contributed by atoms with van der Waals surface area (Å²) in [6, 6.07) is 1.75. The molecule has 11 nitrogen and oxygen atoms in total. The van der Waals surface area contributed by atoms with Crippen molar-refractivity contribution in [1.82, 2.24) is 21.3 Å². The number of rotatable bonds is 17. The van der Waals surface area contributed by atoms with Gasteiger partial charge in [0.15, 0.2) is 0 Å². The Balaban J connectivity index is 2.87. The number of carbonyl (C=O) groups is 5. The van der Waals surface area contributed by atoms with Gasteiger partial charge in [-0.2, -0.15) is 12.6 Å². The summed E-state index contributed by atoms with van der Waals surface area (Å²) in [5.74, 6) is -2.98. The largest absolute Gasteiger partial charge is 0.481 e. The summed E-state index contributed by atoms with van der Waals surface area (Å²) in [5, 5.41) is 20.4. The number of carbonyl (C=O) groups excluding carboxylic acids is 4. The number of amides is 4. The van der Waals surface area contributed by atoms with Gasteiger partial charge in [0, 0.05) is 28.8 Å². The molecule has 0 saturated heterocycles. The van der Waals surface area contributed by atoms with Gasteiger partial charge < -0.3 is 31.1 Å². The van der Waals surface area contributed by atoms with Crippen molar-refractivity contribution in [2.45, 2.75) is 71.5 Å². The standard InChI is InChI=1S/C27H40Cl2N4O7S/c1-15(2)11-21(31-25(37)20(7-8-23(34)35)33-27(39)40-13-16(3)4)26(38)32-22(14-41)24(36)30-10-9-17-5-6-18(28)12-19(17)29/h5-6,12,15-16,20-22,41H,7-11,13-14H2,1-4H3,(H,30,36)(H,31,37)(H,32,38)(H,33,39)(H,34,35)/t20-,21-,22-/m0/s1. The van der Waals surface area contributed by atoms with Crippen LogP contribution < -0.4 is 21.3 Å². The monoisotopic (exact) mass is 634 g/mol. The lowest BCUT2D eigenvalue weighted by molar-refractivity contribution is -0.137. The lowest BCUT2D eigenvalue weighted by Crippen LogP contribution is -2.57. The minimum atomic E-state index is -1.25. The van der Waals surface area contributed by atoms with Crippen LogP contribution in [0.3, 0.4) is 0 Å². The average Bonchev–Trinajstić information content (AvgIpc) is 2.88. The second-order valence-electron chi connectivity index (χ2n) is 10.3. The van der Waals surface area contributed by atoms with E-state index >= 15 is 0 Å². The quantitative estimate of drug-likeness (QED) is 0.143. The van der Waals surface area contributed by atoms with Crippen molar-refractivity contribution < 1.29 is 33.8 Å². The minimum Gasteiger partial charge on any atom is -0.481 e. The van der Waals surface area contributed by atoms with Crippen molar-refractivity contribution in [3.8, 4) is 0 Å². The number of thiol groups is 1. The zero-order valence-electron chi connectivity index (χ0n) is 23.7. The molecule has 0 radical (unpaired) electrons. The molecule has 0 aliphatic carbocycles. The van der Waals surface area contributed by atoms with E-state index in [-0.39, 0.29) is 43.6 Å². The third-order valence-electron chi connectivity index (χ3n) is 5.67. The third kappa shape index (κ3) is 14.7. The first-order valence-corrected chi connectivity index (χ1v) is 14.7. The summed E-state index contributed by atoms with van der Waals surface area (Å²) < 4.78 is 5.05. The smallest absolute Gasteiger partial charge is 0.407 e. The number of halogens is 2. The second-order valence-corrected chi connectivity index (χ2v) is 11.5. The number of aliphatic carboxylic acids is 1. The Morgan fingerprint density at radius 2 is 1.54 bits per heavy atom. The number of benzene rings is 1. The van der Waals surface area contributed by atoms with E-state index in [4.69, 9.17) is 33.0 Å². The van der Waals surface area contributed by atoms with Crippen LogP contribution in [-0.4, -0.2) is 71.9 Å². The Kier molecular flexibility index (Phi) is 16.5. The molecule has 0 aromatic heterocycles. The topological polar surface area (TPSA) is 163 Å². The Hall–Kier alpha value is -2.70. The molecule has 3 atom stereocenters. The molecular formula is C27H40Cl2N4O7S. The molecular weight excluding hydrogens is 595 g/mol. The van der Waals surface area contributed by atoms with Gasteiger partial charge in [0.05, 0.1) is 6.61 Å². The van der Waals surface area contributed by atoms with Gasteiger partial charge in [-0.3, -0.25) is 19.2 Å². The van der Waals surface area contributed by atoms with Crippen LogP contribution in [0.5, 0.6) is 0 Å². The van der Waals surface area contributed by atoms with Crippen LogP contribution in [0.25, 0.3) is 0 Å². The van der Waals surface area contributed by atoms with Crippen LogP contribution in [0.15, 0.2) is 18.2 Å². The van der Waals surface area contributed by atoms with E-state index in [0.29, 0.717) is 16.5 Å². The molecule has 0 unspecified atom stereocenters. The van der Waals surface area contributed by atoms with Gasteiger partial charge in [-0.1, -0.05) is 57.0 Å². The Morgan fingerprint density at radius 1 is 0.902 bits per heavy atom. The molecule has 1 aromatic carbocycles. The summed E-state index contributed by atoms with van der Waals surface area (Å²) in [7, 11) is 0. The highest BCUT2D eigenvalue weighted by Crippen LogP contribution is 2.21. The minimum absolute atomic E-state index is 0.00783. The maximum atomic E-state index is 13.2. The Labute approximate surface area is 256 Å². The summed E-state index contributed by atoms with van der Waals surface area (Å²) >= 11 is 16.3. The maximum Gasteiger partial charge on any atom is 0.407 e. The Bertz CT molecular complexity index is 1060. The highest BCUT2D eigenvalue weighted by molar-refractivity contribution is 7.80. The van der Waals surface area contributed by atoms with E-state index in [1.807, 2.05) is 27.7 Å². The molecule has 0 aliphatic rings. The average molecular weight is 636 g/mol. The molecule has 1 rings (SSSR count). The molecule has 0 spiro atoms. The van der Waals surface area contributed by atoms with Crippen molar-refractivity contribution in [3.05, 3.63) is 33.8 Å². The molecule has 5 N–H and O–H groups in total. The second kappa shape index (κ2) is 18.7. The highest BCUT2D eigenvalue weighted by Gasteiger charge is 2.30. The molecule has 41 heavy (non-hydrogen) atoms. The van der Waals surface area contributed by atoms with Gasteiger partial charge >= 0.3 is 12.1 Å². The van der Waals surface area contributed by atoms with E-state index in [9.17, 15) is 24.0 Å². The SMILES string of the molecule is CC(C)COC(=O)N[C@@H](CCC(=O)O)C(=O)N[C@@H](CC(C)C)C(=O)N[C@@H](CS)C(=O)NCCc1ccc(Cl)cc1Cl. The molecule has 0 fully saturated rings. The van der Waals surface area contributed by atoms with Gasteiger partial charge in [-0.15, -0.1) is 0 Å². The summed E-state index contributed by atoms with van der Waals surface area (Å²) in [6.07, 6.45) is -0.830. The van der Waals surface area contributed by atoms with Crippen molar-refractivity contribution in [2.24, 2.45) is 11.8 Å². The van der Waals surface area contributed by atoms with Gasteiger partial charge in [0.2, 0.25) is 17.7 Å². The number of carboxylic acid groups (broad SMARTS) is 1. The molecule has 1 aromatic rings. The highest BCUT2D eigenvalue weighted by atomic mass is 35.5. The van der Waals surface area contributed by atoms with Crippen molar-refractivity contribution in [2.75, 3.05) is 18.9 Å². The first-order valence-electron chi connectivity index (χ1n) is 13.3. The first kappa shape index (κ1) is 36.3. The zero-order chi connectivity index (χ0) is 31.1. The van der Waals surface area contributed by atoms with Crippen LogP contribution in [-0.2, 0) is 30.3 Å². The number of nitrogens with one attached hydrogen (secondary N) is 4. The summed E-state index contributed by atoms with van der Waals surface area (Å²) in [4.78, 5) is 62.3. The summed E-state index contributed by atoms with van der Waals surface area (Å²) in [6.45, 7) is 7.73. The fourth-order valence-electron chi connectivity index (χ4n) is 3.57. The third-order valence-corrected chi connectivity index (χ3v) is 6.62. The number of ether oxygens (including phenoxy) is 1. The number of hydrogen-bond acceptors (Lipinski definition) is 7. The van der Waals surface area contributed by atoms with E-state index < -0.39 is 54.3 Å². The van der Waals surface area contributed by atoms with Crippen LogP contribution in [0.2, 0.25) is 10.0 Å². The fraction of sp³-hybridized carbons (Fsp3) is 0.593. The van der Waals surface area contributed by atoms with Crippen LogP contribution in [0.1, 0.15) is 52.5 Å². The molecule has 230 valence electrons. The summed E-state index contributed by atoms with van der Waals surface area (Å²) in [5.41, 5.74) is 0.793. The van der Waals surface area contributed by atoms with Crippen LogP contribution >= 0.6 is 35.8 Å².